The Bertz CT molecular complexity index is 973. The van der Waals surface area contributed by atoms with Crippen molar-refractivity contribution >= 4 is 36.9 Å². The maximum Gasteiger partial charge on any atom is 0.283 e. The molecule has 0 aliphatic heterocycles. The van der Waals surface area contributed by atoms with Crippen LogP contribution < -0.4 is 0 Å². The highest BCUT2D eigenvalue weighted by Crippen LogP contribution is 2.26. The van der Waals surface area contributed by atoms with E-state index in [0.717, 1.165) is 4.09 Å². The van der Waals surface area contributed by atoms with Gasteiger partial charge >= 0.3 is 0 Å². The quantitative estimate of drug-likeness (QED) is 0.703. The van der Waals surface area contributed by atoms with Gasteiger partial charge in [-0.25, -0.2) is 0 Å². The van der Waals surface area contributed by atoms with Gasteiger partial charge in [0.1, 0.15) is 0 Å². The van der Waals surface area contributed by atoms with E-state index in [1.807, 2.05) is 6.07 Å². The lowest BCUT2D eigenvalue weighted by Crippen LogP contribution is -2.14. The molecule has 0 spiro atoms. The number of hydrogen-bond donors (Lipinski definition) is 0. The zero-order valence-electron chi connectivity index (χ0n) is 10.6. The number of nitrogens with zero attached hydrogens (tertiary/aromatic N) is 3. The third kappa shape index (κ3) is 2.22. The van der Waals surface area contributed by atoms with E-state index in [4.69, 9.17) is 5.26 Å². The van der Waals surface area contributed by atoms with Gasteiger partial charge in [0.2, 0.25) is 0 Å². The van der Waals surface area contributed by atoms with Crippen LogP contribution >= 0.6 is 15.9 Å². The van der Waals surface area contributed by atoms with Gasteiger partial charge in [-0.3, -0.25) is 0 Å². The Hall–Kier alpha value is -2.17. The average molecular weight is 362 g/mol. The third-order valence-electron chi connectivity index (χ3n) is 3.01. The van der Waals surface area contributed by atoms with Crippen LogP contribution in [0.1, 0.15) is 5.56 Å². The van der Waals surface area contributed by atoms with Crippen LogP contribution in [0, 0.1) is 11.3 Å². The van der Waals surface area contributed by atoms with Crippen molar-refractivity contribution in [2.24, 2.45) is 0 Å². The Morgan fingerprint density at radius 2 is 1.90 bits per heavy atom. The highest BCUT2D eigenvalue weighted by molar-refractivity contribution is 9.10. The Morgan fingerprint density at radius 1 is 1.19 bits per heavy atom. The predicted octanol–water partition coefficient (Wildman–Crippen LogP) is 2.91. The molecule has 0 N–H and O–H groups in total. The molecule has 0 aliphatic rings. The van der Waals surface area contributed by atoms with E-state index >= 15 is 0 Å². The molecule has 3 aromatic rings. The standard InChI is InChI=1S/C14H8BrN3O2S/c15-11-6-10(8-16)13-9-17-18(14(13)7-11)21(19,20)12-4-2-1-3-5-12/h1-7,9H. The van der Waals surface area contributed by atoms with Gasteiger partial charge in [0, 0.05) is 9.86 Å². The van der Waals surface area contributed by atoms with E-state index in [0.29, 0.717) is 20.9 Å². The molecule has 0 radical (unpaired) electrons. The van der Waals surface area contributed by atoms with E-state index in [1.54, 1.807) is 30.3 Å². The summed E-state index contributed by atoms with van der Waals surface area (Å²) < 4.78 is 26.8. The van der Waals surface area contributed by atoms with Crippen molar-refractivity contribution in [3.63, 3.8) is 0 Å². The number of halogens is 1. The zero-order chi connectivity index (χ0) is 15.0. The molecule has 0 aliphatic carbocycles. The minimum atomic E-state index is -3.79. The molecule has 0 unspecified atom stereocenters. The van der Waals surface area contributed by atoms with Crippen molar-refractivity contribution in [3.8, 4) is 6.07 Å². The van der Waals surface area contributed by atoms with Crippen molar-refractivity contribution < 1.29 is 8.42 Å². The van der Waals surface area contributed by atoms with Crippen molar-refractivity contribution in [3.05, 3.63) is 58.7 Å². The van der Waals surface area contributed by atoms with Crippen LogP contribution in [0.5, 0.6) is 0 Å². The number of rotatable bonds is 2. The molecule has 0 amide bonds. The number of aromatic nitrogens is 2. The van der Waals surface area contributed by atoms with Crippen LogP contribution in [0.15, 0.2) is 58.0 Å². The first-order valence-corrected chi connectivity index (χ1v) is 8.15. The normalized spacial score (nSPS) is 11.4. The van der Waals surface area contributed by atoms with Gasteiger partial charge in [-0.15, -0.1) is 0 Å². The van der Waals surface area contributed by atoms with E-state index in [9.17, 15) is 8.42 Å². The summed E-state index contributed by atoms with van der Waals surface area (Å²) in [5, 5.41) is 13.6. The summed E-state index contributed by atoms with van der Waals surface area (Å²) in [5.41, 5.74) is 0.735. The monoisotopic (exact) mass is 361 g/mol. The number of nitriles is 1. The molecule has 3 rings (SSSR count). The van der Waals surface area contributed by atoms with E-state index in [2.05, 4.69) is 21.0 Å². The van der Waals surface area contributed by atoms with E-state index in [1.165, 1.54) is 18.3 Å². The number of benzene rings is 2. The van der Waals surface area contributed by atoms with Gasteiger partial charge in [0.05, 0.1) is 28.2 Å². The van der Waals surface area contributed by atoms with Crippen LogP contribution in [-0.4, -0.2) is 17.6 Å². The fourth-order valence-electron chi connectivity index (χ4n) is 2.05. The highest BCUT2D eigenvalue weighted by Gasteiger charge is 2.21. The van der Waals surface area contributed by atoms with Gasteiger partial charge < -0.3 is 0 Å². The van der Waals surface area contributed by atoms with Gasteiger partial charge in [0.25, 0.3) is 10.0 Å². The summed E-state index contributed by atoms with van der Waals surface area (Å²) in [6.07, 6.45) is 1.39. The summed E-state index contributed by atoms with van der Waals surface area (Å²) in [5.74, 6) is 0. The van der Waals surface area contributed by atoms with Gasteiger partial charge in [-0.2, -0.15) is 22.9 Å². The zero-order valence-corrected chi connectivity index (χ0v) is 13.0. The maximum atomic E-state index is 12.6. The summed E-state index contributed by atoms with van der Waals surface area (Å²) in [7, 11) is -3.79. The molecular weight excluding hydrogens is 354 g/mol. The second-order valence-electron chi connectivity index (χ2n) is 4.30. The topological polar surface area (TPSA) is 75.8 Å². The molecule has 104 valence electrons. The van der Waals surface area contributed by atoms with Crippen molar-refractivity contribution in [2.45, 2.75) is 4.90 Å². The largest absolute Gasteiger partial charge is 0.283 e. The molecule has 2 aromatic carbocycles. The molecule has 0 bridgehead atoms. The maximum absolute atomic E-state index is 12.6. The van der Waals surface area contributed by atoms with Gasteiger partial charge in [-0.1, -0.05) is 34.1 Å². The fraction of sp³-hybridized carbons (Fsp3) is 0. The van der Waals surface area contributed by atoms with Crippen LogP contribution in [-0.2, 0) is 10.0 Å². The summed E-state index contributed by atoms with van der Waals surface area (Å²) in [6.45, 7) is 0. The number of fused-ring (bicyclic) bond motifs is 1. The summed E-state index contributed by atoms with van der Waals surface area (Å²) >= 11 is 3.28. The molecule has 0 atom stereocenters. The molecule has 0 fully saturated rings. The average Bonchev–Trinajstić information content (AvgIpc) is 2.91. The van der Waals surface area contributed by atoms with Crippen LogP contribution in [0.2, 0.25) is 0 Å². The Labute approximate surface area is 129 Å². The SMILES string of the molecule is N#Cc1cc(Br)cc2c1cnn2S(=O)(=O)c1ccccc1. The number of hydrogen-bond acceptors (Lipinski definition) is 4. The molecule has 0 saturated heterocycles. The minimum Gasteiger partial charge on any atom is -0.199 e. The molecule has 0 saturated carbocycles. The summed E-state index contributed by atoms with van der Waals surface area (Å²) in [6, 6.07) is 13.3. The van der Waals surface area contributed by atoms with Crippen molar-refractivity contribution in [2.75, 3.05) is 0 Å². The minimum absolute atomic E-state index is 0.147. The van der Waals surface area contributed by atoms with Crippen molar-refractivity contribution in [1.82, 2.24) is 9.19 Å². The van der Waals surface area contributed by atoms with Gasteiger partial charge in [-0.05, 0) is 24.3 Å². The van der Waals surface area contributed by atoms with Crippen LogP contribution in [0.3, 0.4) is 0 Å². The lowest BCUT2D eigenvalue weighted by Gasteiger charge is -2.06. The molecule has 21 heavy (non-hydrogen) atoms. The summed E-state index contributed by atoms with van der Waals surface area (Å²) in [4.78, 5) is 0.147. The first kappa shape index (κ1) is 13.8. The lowest BCUT2D eigenvalue weighted by molar-refractivity contribution is 0.582. The van der Waals surface area contributed by atoms with Crippen LogP contribution in [0.4, 0.5) is 0 Å². The Kier molecular flexibility index (Phi) is 3.27. The third-order valence-corrected chi connectivity index (χ3v) is 5.08. The first-order chi connectivity index (χ1) is 10.0. The molecular formula is C14H8BrN3O2S. The molecule has 7 heteroatoms. The Balaban J connectivity index is 2.33. The fourth-order valence-corrected chi connectivity index (χ4v) is 3.77. The highest BCUT2D eigenvalue weighted by atomic mass is 79.9. The first-order valence-electron chi connectivity index (χ1n) is 5.92. The molecule has 1 heterocycles. The smallest absolute Gasteiger partial charge is 0.199 e. The van der Waals surface area contributed by atoms with Crippen LogP contribution in [0.25, 0.3) is 10.9 Å². The lowest BCUT2D eigenvalue weighted by atomic mass is 10.1. The van der Waals surface area contributed by atoms with E-state index in [-0.39, 0.29) is 4.90 Å². The predicted molar refractivity (Wildman–Crippen MR) is 81.2 cm³/mol. The van der Waals surface area contributed by atoms with Gasteiger partial charge in [0.15, 0.2) is 0 Å². The molecule has 5 nitrogen and oxygen atoms in total. The van der Waals surface area contributed by atoms with E-state index < -0.39 is 10.0 Å². The van der Waals surface area contributed by atoms with Crippen molar-refractivity contribution in [1.29, 1.82) is 5.26 Å². The second kappa shape index (κ2) is 4.98. The second-order valence-corrected chi connectivity index (χ2v) is 6.99. The Morgan fingerprint density at radius 3 is 2.57 bits per heavy atom. The molecule has 1 aromatic heterocycles.